The van der Waals surface area contributed by atoms with Crippen molar-refractivity contribution in [2.24, 2.45) is 0 Å². The van der Waals surface area contributed by atoms with E-state index in [0.717, 1.165) is 33.6 Å². The number of fused-ring (bicyclic) bond motifs is 1. The Bertz CT molecular complexity index is 1490. The van der Waals surface area contributed by atoms with E-state index in [1.165, 1.54) is 11.5 Å². The topological polar surface area (TPSA) is 55.1 Å². The summed E-state index contributed by atoms with van der Waals surface area (Å²) in [6, 6.07) is 23.9. The molecule has 5 aromatic rings. The summed E-state index contributed by atoms with van der Waals surface area (Å²) in [5, 5.41) is 6.22. The van der Waals surface area contributed by atoms with Crippen LogP contribution >= 0.6 is 11.5 Å². The zero-order valence-electron chi connectivity index (χ0n) is 18.8. The highest BCUT2D eigenvalue weighted by Crippen LogP contribution is 2.34. The van der Waals surface area contributed by atoms with Gasteiger partial charge in [-0.25, -0.2) is 0 Å². The van der Waals surface area contributed by atoms with Crippen molar-refractivity contribution in [3.05, 3.63) is 105 Å². The number of nitrogens with zero attached hydrogens (tertiary/aromatic N) is 1. The van der Waals surface area contributed by atoms with Gasteiger partial charge >= 0.3 is 0 Å². The maximum Gasteiger partial charge on any atom is 0.196 e. The van der Waals surface area contributed by atoms with Crippen molar-refractivity contribution in [1.29, 1.82) is 0 Å². The predicted molar refractivity (Wildman–Crippen MR) is 137 cm³/mol. The third-order valence-electron chi connectivity index (χ3n) is 5.91. The fraction of sp³-hybridized carbons (Fsp3) is 0.143. The molecule has 0 bridgehead atoms. The summed E-state index contributed by atoms with van der Waals surface area (Å²) in [4.78, 5) is 13.3. The molecule has 0 aliphatic rings. The Morgan fingerprint density at radius 1 is 0.970 bits per heavy atom. The van der Waals surface area contributed by atoms with Gasteiger partial charge in [0.25, 0.3) is 0 Å². The lowest BCUT2D eigenvalue weighted by Gasteiger charge is -2.20. The second kappa shape index (κ2) is 8.68. The van der Waals surface area contributed by atoms with Gasteiger partial charge in [-0.05, 0) is 56.1 Å². The maximum atomic E-state index is 13.3. The summed E-state index contributed by atoms with van der Waals surface area (Å²) in [6.07, 6.45) is 0. The smallest absolute Gasteiger partial charge is 0.196 e. The minimum atomic E-state index is -0.0957. The van der Waals surface area contributed by atoms with Crippen molar-refractivity contribution in [1.82, 2.24) is 4.37 Å². The second-order valence-corrected chi connectivity index (χ2v) is 8.94. The minimum Gasteiger partial charge on any atom is -0.455 e. The van der Waals surface area contributed by atoms with Gasteiger partial charge in [-0.15, -0.1) is 0 Å². The van der Waals surface area contributed by atoms with Gasteiger partial charge in [0.05, 0.1) is 17.1 Å². The highest BCUT2D eigenvalue weighted by molar-refractivity contribution is 7.03. The Hall–Kier alpha value is -3.70. The number of nitrogens with one attached hydrogen (secondary N) is 1. The first-order valence-electron chi connectivity index (χ1n) is 10.9. The normalized spacial score (nSPS) is 12.1. The van der Waals surface area contributed by atoms with Gasteiger partial charge in [0.2, 0.25) is 0 Å². The van der Waals surface area contributed by atoms with Crippen LogP contribution in [0.4, 0.5) is 5.69 Å². The Morgan fingerprint density at radius 2 is 1.73 bits per heavy atom. The van der Waals surface area contributed by atoms with E-state index in [0.29, 0.717) is 22.3 Å². The Balaban J connectivity index is 1.64. The molecule has 1 atom stereocenters. The van der Waals surface area contributed by atoms with Crippen LogP contribution in [-0.4, -0.2) is 4.37 Å². The van der Waals surface area contributed by atoms with Crippen LogP contribution in [0.3, 0.4) is 0 Å². The molecule has 5 rings (SSSR count). The highest BCUT2D eigenvalue weighted by atomic mass is 32.1. The van der Waals surface area contributed by atoms with Crippen LogP contribution in [0.1, 0.15) is 29.7 Å². The molecule has 0 aliphatic carbocycles. The molecular formula is C28H24N2O2S. The van der Waals surface area contributed by atoms with E-state index in [2.05, 4.69) is 34.8 Å². The standard InChI is InChI=1S/C28H24N2O2S/c1-17-15-22(19(3)29-24-12-8-7-11-21(24)25-13-14-33-30-25)28-23(16-17)26(31)18(2)27(32-28)20-9-5-4-6-10-20/h4-16,19,29H,1-3H3/t19-/m1/s1. The van der Waals surface area contributed by atoms with Crippen LogP contribution in [0, 0.1) is 13.8 Å². The molecule has 0 fully saturated rings. The number of aryl methyl sites for hydroxylation is 1. The Morgan fingerprint density at radius 3 is 2.48 bits per heavy atom. The van der Waals surface area contributed by atoms with E-state index < -0.39 is 0 Å². The minimum absolute atomic E-state index is 0.00938. The maximum absolute atomic E-state index is 13.3. The summed E-state index contributed by atoms with van der Waals surface area (Å²) < 4.78 is 11.0. The molecular weight excluding hydrogens is 428 g/mol. The number of anilines is 1. The molecule has 0 radical (unpaired) electrons. The lowest BCUT2D eigenvalue weighted by Crippen LogP contribution is -2.12. The van der Waals surface area contributed by atoms with Gasteiger partial charge in [-0.2, -0.15) is 4.37 Å². The van der Waals surface area contributed by atoms with Crippen LogP contribution < -0.4 is 10.7 Å². The number of rotatable bonds is 5. The molecule has 0 saturated heterocycles. The SMILES string of the molecule is Cc1cc([C@@H](C)Nc2ccccc2-c2ccsn2)c2oc(-c3ccccc3)c(C)c(=O)c2c1. The molecule has 0 amide bonds. The molecule has 2 heterocycles. The molecule has 164 valence electrons. The number of aromatic nitrogens is 1. The molecule has 2 aromatic heterocycles. The second-order valence-electron chi connectivity index (χ2n) is 8.28. The van der Waals surface area contributed by atoms with Gasteiger partial charge in [-0.3, -0.25) is 4.79 Å². The van der Waals surface area contributed by atoms with E-state index in [1.807, 2.05) is 73.8 Å². The first-order chi connectivity index (χ1) is 16.0. The summed E-state index contributed by atoms with van der Waals surface area (Å²) in [7, 11) is 0. The van der Waals surface area contributed by atoms with Crippen molar-refractivity contribution in [2.75, 3.05) is 5.32 Å². The predicted octanol–water partition coefficient (Wildman–Crippen LogP) is 7.37. The quantitative estimate of drug-likeness (QED) is 0.302. The largest absolute Gasteiger partial charge is 0.455 e. The van der Waals surface area contributed by atoms with Gasteiger partial charge < -0.3 is 9.73 Å². The highest BCUT2D eigenvalue weighted by Gasteiger charge is 2.19. The Labute approximate surface area is 196 Å². The summed E-state index contributed by atoms with van der Waals surface area (Å²) in [5.41, 5.74) is 7.11. The lowest BCUT2D eigenvalue weighted by molar-refractivity contribution is 0.605. The van der Waals surface area contributed by atoms with Gasteiger partial charge in [0, 0.05) is 33.3 Å². The van der Waals surface area contributed by atoms with Crippen LogP contribution in [0.2, 0.25) is 0 Å². The zero-order valence-corrected chi connectivity index (χ0v) is 19.6. The number of hydrogen-bond donors (Lipinski definition) is 1. The van der Waals surface area contributed by atoms with Crippen molar-refractivity contribution in [2.45, 2.75) is 26.8 Å². The summed E-state index contributed by atoms with van der Waals surface area (Å²) >= 11 is 1.44. The van der Waals surface area contributed by atoms with E-state index in [4.69, 9.17) is 4.42 Å². The first-order valence-corrected chi connectivity index (χ1v) is 11.8. The van der Waals surface area contributed by atoms with E-state index in [-0.39, 0.29) is 11.5 Å². The molecule has 0 aliphatic heterocycles. The zero-order chi connectivity index (χ0) is 22.9. The van der Waals surface area contributed by atoms with Gasteiger partial charge in [0.1, 0.15) is 11.3 Å². The van der Waals surface area contributed by atoms with Crippen molar-refractivity contribution >= 4 is 28.2 Å². The fourth-order valence-corrected chi connectivity index (χ4v) is 4.77. The molecule has 5 heteroatoms. The lowest BCUT2D eigenvalue weighted by atomic mass is 9.98. The summed E-state index contributed by atoms with van der Waals surface area (Å²) in [5.74, 6) is 0.619. The van der Waals surface area contributed by atoms with Crippen molar-refractivity contribution in [3.63, 3.8) is 0 Å². The molecule has 33 heavy (non-hydrogen) atoms. The molecule has 1 N–H and O–H groups in total. The van der Waals surface area contributed by atoms with Crippen LogP contribution in [0.5, 0.6) is 0 Å². The number of benzene rings is 3. The monoisotopic (exact) mass is 452 g/mol. The van der Waals surface area contributed by atoms with Crippen LogP contribution in [0.25, 0.3) is 33.6 Å². The Kier molecular flexibility index (Phi) is 5.56. The van der Waals surface area contributed by atoms with Crippen molar-refractivity contribution in [3.8, 4) is 22.6 Å². The molecule has 0 saturated carbocycles. The first kappa shape index (κ1) is 21.2. The molecule has 0 spiro atoms. The number of para-hydroxylation sites is 1. The van der Waals surface area contributed by atoms with Gasteiger partial charge in [0.15, 0.2) is 5.43 Å². The van der Waals surface area contributed by atoms with E-state index in [1.54, 1.807) is 0 Å². The summed E-state index contributed by atoms with van der Waals surface area (Å²) in [6.45, 7) is 5.94. The van der Waals surface area contributed by atoms with Crippen molar-refractivity contribution < 1.29 is 4.42 Å². The fourth-order valence-electron chi connectivity index (χ4n) is 4.25. The van der Waals surface area contributed by atoms with Crippen LogP contribution in [0.15, 0.2) is 87.4 Å². The molecule has 4 nitrogen and oxygen atoms in total. The molecule has 0 unspecified atom stereocenters. The number of hydrogen-bond acceptors (Lipinski definition) is 5. The van der Waals surface area contributed by atoms with E-state index >= 15 is 0 Å². The molecule has 3 aromatic carbocycles. The average molecular weight is 453 g/mol. The van der Waals surface area contributed by atoms with E-state index in [9.17, 15) is 4.79 Å². The third kappa shape index (κ3) is 3.96. The average Bonchev–Trinajstić information content (AvgIpc) is 3.37. The van der Waals surface area contributed by atoms with Crippen LogP contribution in [-0.2, 0) is 0 Å². The third-order valence-corrected chi connectivity index (χ3v) is 6.47. The van der Waals surface area contributed by atoms with Gasteiger partial charge in [-0.1, -0.05) is 54.6 Å².